The molecule has 0 bridgehead atoms. The van der Waals surface area contributed by atoms with Gasteiger partial charge in [-0.25, -0.2) is 4.39 Å². The van der Waals surface area contributed by atoms with Crippen LogP contribution in [0.15, 0.2) is 24.3 Å². The number of hydrogen-bond donors (Lipinski definition) is 1. The quantitative estimate of drug-likeness (QED) is 0.764. The first kappa shape index (κ1) is 11.2. The summed E-state index contributed by atoms with van der Waals surface area (Å²) in [5.74, 6) is -0.607. The third kappa shape index (κ3) is 3.77. The van der Waals surface area contributed by atoms with Gasteiger partial charge in [0.05, 0.1) is 6.07 Å². The van der Waals surface area contributed by atoms with Gasteiger partial charge in [-0.1, -0.05) is 0 Å². The fourth-order valence-electron chi connectivity index (χ4n) is 1.07. The Morgan fingerprint density at radius 1 is 1.40 bits per heavy atom. The number of halogens is 1. The molecule has 78 valence electrons. The lowest BCUT2D eigenvalue weighted by molar-refractivity contribution is 0.0953. The molecular formula is C11H11FN2O. The first-order valence-corrected chi connectivity index (χ1v) is 4.65. The molecule has 1 amide bonds. The molecule has 0 heterocycles. The molecule has 1 aromatic carbocycles. The molecule has 1 N–H and O–H groups in total. The zero-order valence-electron chi connectivity index (χ0n) is 8.16. The fourth-order valence-corrected chi connectivity index (χ4v) is 1.07. The number of rotatable bonds is 4. The van der Waals surface area contributed by atoms with Crippen LogP contribution in [0.1, 0.15) is 23.2 Å². The smallest absolute Gasteiger partial charge is 0.251 e. The van der Waals surface area contributed by atoms with Crippen LogP contribution < -0.4 is 5.32 Å². The van der Waals surface area contributed by atoms with E-state index < -0.39 is 0 Å². The van der Waals surface area contributed by atoms with Gasteiger partial charge >= 0.3 is 0 Å². The van der Waals surface area contributed by atoms with Crippen LogP contribution >= 0.6 is 0 Å². The number of carbonyl (C=O) groups excluding carboxylic acids is 1. The first-order chi connectivity index (χ1) is 7.24. The molecule has 3 nitrogen and oxygen atoms in total. The number of unbranched alkanes of at least 4 members (excludes halogenated alkanes) is 1. The minimum Gasteiger partial charge on any atom is -0.352 e. The highest BCUT2D eigenvalue weighted by atomic mass is 19.1. The molecule has 4 heteroatoms. The van der Waals surface area contributed by atoms with Crippen LogP contribution in [0.25, 0.3) is 0 Å². The van der Waals surface area contributed by atoms with E-state index in [2.05, 4.69) is 5.32 Å². The largest absolute Gasteiger partial charge is 0.352 e. The molecule has 1 rings (SSSR count). The molecule has 0 saturated heterocycles. The third-order valence-electron chi connectivity index (χ3n) is 1.86. The van der Waals surface area contributed by atoms with Crippen LogP contribution in [-0.4, -0.2) is 12.5 Å². The topological polar surface area (TPSA) is 52.9 Å². The molecule has 0 fully saturated rings. The van der Waals surface area contributed by atoms with Gasteiger partial charge in [-0.15, -0.1) is 0 Å². The van der Waals surface area contributed by atoms with Gasteiger partial charge in [-0.3, -0.25) is 4.79 Å². The Bertz CT molecular complexity index is 367. The fraction of sp³-hybridized carbons (Fsp3) is 0.273. The summed E-state index contributed by atoms with van der Waals surface area (Å²) in [7, 11) is 0. The van der Waals surface area contributed by atoms with E-state index >= 15 is 0 Å². The van der Waals surface area contributed by atoms with Crippen molar-refractivity contribution < 1.29 is 9.18 Å². The molecule has 0 aliphatic rings. The molecule has 0 aliphatic heterocycles. The highest BCUT2D eigenvalue weighted by molar-refractivity contribution is 5.94. The van der Waals surface area contributed by atoms with Crippen LogP contribution in [0.3, 0.4) is 0 Å². The van der Waals surface area contributed by atoms with Gasteiger partial charge < -0.3 is 5.32 Å². The molecule has 0 spiro atoms. The lowest BCUT2D eigenvalue weighted by Crippen LogP contribution is -2.24. The van der Waals surface area contributed by atoms with E-state index in [-0.39, 0.29) is 11.7 Å². The molecule has 15 heavy (non-hydrogen) atoms. The molecule has 0 saturated carbocycles. The second kappa shape index (κ2) is 5.76. The van der Waals surface area contributed by atoms with E-state index in [9.17, 15) is 9.18 Å². The summed E-state index contributed by atoms with van der Waals surface area (Å²) in [6.45, 7) is 0.462. The van der Waals surface area contributed by atoms with Gasteiger partial charge in [0.2, 0.25) is 0 Å². The van der Waals surface area contributed by atoms with Gasteiger partial charge in [-0.2, -0.15) is 5.26 Å². The average Bonchev–Trinajstić information content (AvgIpc) is 2.25. The van der Waals surface area contributed by atoms with Crippen molar-refractivity contribution in [2.24, 2.45) is 0 Å². The van der Waals surface area contributed by atoms with Gasteiger partial charge in [0.25, 0.3) is 5.91 Å². The third-order valence-corrected chi connectivity index (χ3v) is 1.86. The Labute approximate surface area is 87.5 Å². The Morgan fingerprint density at radius 3 is 2.67 bits per heavy atom. The minimum absolute atomic E-state index is 0.243. The number of amides is 1. The second-order valence-corrected chi connectivity index (χ2v) is 3.02. The van der Waals surface area contributed by atoms with Crippen LogP contribution in [0, 0.1) is 17.1 Å². The summed E-state index contributed by atoms with van der Waals surface area (Å²) in [4.78, 5) is 11.4. The van der Waals surface area contributed by atoms with Crippen molar-refractivity contribution in [3.8, 4) is 6.07 Å². The van der Waals surface area contributed by atoms with Crippen molar-refractivity contribution in [1.29, 1.82) is 5.26 Å². The summed E-state index contributed by atoms with van der Waals surface area (Å²) in [5.41, 5.74) is 0.424. The standard InChI is InChI=1S/C11H11FN2O/c12-10-5-3-9(4-6-10)11(15)14-8-2-1-7-13/h3-6H,1-2,8H2,(H,14,15). The molecule has 0 unspecified atom stereocenters. The first-order valence-electron chi connectivity index (χ1n) is 4.65. The summed E-state index contributed by atoms with van der Waals surface area (Å²) >= 11 is 0. The maximum absolute atomic E-state index is 12.5. The van der Waals surface area contributed by atoms with Crippen molar-refractivity contribution in [2.75, 3.05) is 6.54 Å². The molecule has 0 atom stereocenters. The zero-order chi connectivity index (χ0) is 11.1. The molecular weight excluding hydrogens is 195 g/mol. The summed E-state index contributed by atoms with van der Waals surface area (Å²) in [6.07, 6.45) is 1.05. The monoisotopic (exact) mass is 206 g/mol. The number of benzene rings is 1. The van der Waals surface area contributed by atoms with Gasteiger partial charge in [-0.05, 0) is 30.7 Å². The van der Waals surface area contributed by atoms with Gasteiger partial charge in [0, 0.05) is 18.5 Å². The Hall–Kier alpha value is -1.89. The lowest BCUT2D eigenvalue weighted by atomic mass is 10.2. The van der Waals surface area contributed by atoms with E-state index in [4.69, 9.17) is 5.26 Å². The molecule has 1 aromatic rings. The van der Waals surface area contributed by atoms with Crippen LogP contribution in [0.5, 0.6) is 0 Å². The van der Waals surface area contributed by atoms with E-state index in [0.29, 0.717) is 24.9 Å². The predicted octanol–water partition coefficient (Wildman–Crippen LogP) is 1.86. The maximum atomic E-state index is 12.5. The highest BCUT2D eigenvalue weighted by Crippen LogP contribution is 2.02. The van der Waals surface area contributed by atoms with E-state index in [1.165, 1.54) is 24.3 Å². The summed E-state index contributed by atoms with van der Waals surface area (Å²) in [6, 6.07) is 7.32. The lowest BCUT2D eigenvalue weighted by Gasteiger charge is -2.03. The maximum Gasteiger partial charge on any atom is 0.251 e. The Balaban J connectivity index is 2.41. The summed E-state index contributed by atoms with van der Waals surface area (Å²) in [5, 5.41) is 10.9. The van der Waals surface area contributed by atoms with Gasteiger partial charge in [0.1, 0.15) is 5.82 Å². The SMILES string of the molecule is N#CCCCNC(=O)c1ccc(F)cc1. The van der Waals surface area contributed by atoms with Crippen molar-refractivity contribution in [3.63, 3.8) is 0 Å². The van der Waals surface area contributed by atoms with Crippen molar-refractivity contribution in [1.82, 2.24) is 5.32 Å². The van der Waals surface area contributed by atoms with Crippen molar-refractivity contribution in [2.45, 2.75) is 12.8 Å². The van der Waals surface area contributed by atoms with E-state index in [1.807, 2.05) is 6.07 Å². The Kier molecular flexibility index (Phi) is 4.30. The van der Waals surface area contributed by atoms with Crippen LogP contribution in [-0.2, 0) is 0 Å². The van der Waals surface area contributed by atoms with E-state index in [1.54, 1.807) is 0 Å². The number of nitrogens with zero attached hydrogens (tertiary/aromatic N) is 1. The predicted molar refractivity (Wildman–Crippen MR) is 53.6 cm³/mol. The molecule has 0 aromatic heterocycles. The number of carbonyl (C=O) groups is 1. The summed E-state index contributed by atoms with van der Waals surface area (Å²) < 4.78 is 12.5. The number of hydrogen-bond acceptors (Lipinski definition) is 2. The highest BCUT2D eigenvalue weighted by Gasteiger charge is 2.03. The number of nitrogens with one attached hydrogen (secondary N) is 1. The molecule has 0 radical (unpaired) electrons. The minimum atomic E-state index is -0.365. The van der Waals surface area contributed by atoms with Crippen LogP contribution in [0.4, 0.5) is 4.39 Å². The van der Waals surface area contributed by atoms with Crippen LogP contribution in [0.2, 0.25) is 0 Å². The zero-order valence-corrected chi connectivity index (χ0v) is 8.16. The van der Waals surface area contributed by atoms with Gasteiger partial charge in [0.15, 0.2) is 0 Å². The number of nitriles is 1. The van der Waals surface area contributed by atoms with Crippen molar-refractivity contribution in [3.05, 3.63) is 35.6 Å². The average molecular weight is 206 g/mol. The normalized spacial score (nSPS) is 9.33. The Morgan fingerprint density at radius 2 is 2.07 bits per heavy atom. The second-order valence-electron chi connectivity index (χ2n) is 3.02. The van der Waals surface area contributed by atoms with E-state index in [0.717, 1.165) is 0 Å². The molecule has 0 aliphatic carbocycles. The van der Waals surface area contributed by atoms with Crippen molar-refractivity contribution >= 4 is 5.91 Å².